The van der Waals surface area contributed by atoms with Crippen molar-refractivity contribution in [2.75, 3.05) is 13.1 Å². The van der Waals surface area contributed by atoms with Crippen LogP contribution in [0.4, 0.5) is 0 Å². The number of aromatic amines is 1. The van der Waals surface area contributed by atoms with Crippen molar-refractivity contribution in [3.63, 3.8) is 0 Å². The Morgan fingerprint density at radius 3 is 2.50 bits per heavy atom. The number of nitrogens with zero attached hydrogens (tertiary/aromatic N) is 3. The highest BCUT2D eigenvalue weighted by molar-refractivity contribution is 5.94. The molecular weight excluding hydrogens is 228 g/mol. The third-order valence-electron chi connectivity index (χ3n) is 3.21. The molecule has 1 N–H and O–H groups in total. The Labute approximate surface area is 105 Å². The lowest BCUT2D eigenvalue weighted by Gasteiger charge is -2.15. The number of likely N-dealkylation sites (tertiary alicyclic amines) is 1. The van der Waals surface area contributed by atoms with Crippen molar-refractivity contribution in [2.24, 2.45) is 0 Å². The van der Waals surface area contributed by atoms with E-state index in [9.17, 15) is 4.79 Å². The predicted molar refractivity (Wildman–Crippen MR) is 67.0 cm³/mol. The van der Waals surface area contributed by atoms with Crippen molar-refractivity contribution in [2.45, 2.75) is 12.8 Å². The van der Waals surface area contributed by atoms with Crippen LogP contribution in [0.2, 0.25) is 0 Å². The number of aromatic nitrogens is 3. The highest BCUT2D eigenvalue weighted by Gasteiger charge is 2.19. The maximum absolute atomic E-state index is 12.1. The Kier molecular flexibility index (Phi) is 2.80. The molecule has 0 bridgehead atoms. The number of carbonyl (C=O) groups excluding carboxylic acids is 1. The van der Waals surface area contributed by atoms with Crippen LogP contribution in [0.3, 0.4) is 0 Å². The SMILES string of the molecule is O=C(c1ccc(-c2ncn[nH]2)cc1)N1CCCC1. The van der Waals surface area contributed by atoms with Gasteiger partial charge in [-0.15, -0.1) is 0 Å². The molecule has 0 atom stereocenters. The molecule has 3 rings (SSSR count). The van der Waals surface area contributed by atoms with Crippen LogP contribution in [0, 0.1) is 0 Å². The average Bonchev–Trinajstić information content (AvgIpc) is 3.11. The van der Waals surface area contributed by atoms with Crippen molar-refractivity contribution < 1.29 is 4.79 Å². The van der Waals surface area contributed by atoms with Gasteiger partial charge in [-0.2, -0.15) is 5.10 Å². The molecule has 1 saturated heterocycles. The molecule has 5 heteroatoms. The van der Waals surface area contributed by atoms with Crippen molar-refractivity contribution in [1.82, 2.24) is 20.1 Å². The highest BCUT2D eigenvalue weighted by atomic mass is 16.2. The number of hydrogen-bond acceptors (Lipinski definition) is 3. The van der Waals surface area contributed by atoms with E-state index in [1.54, 1.807) is 0 Å². The first-order chi connectivity index (χ1) is 8.84. The zero-order chi connectivity index (χ0) is 12.4. The second-order valence-electron chi connectivity index (χ2n) is 4.41. The highest BCUT2D eigenvalue weighted by Crippen LogP contribution is 2.17. The predicted octanol–water partition coefficient (Wildman–Crippen LogP) is 1.71. The van der Waals surface area contributed by atoms with Crippen molar-refractivity contribution in [3.05, 3.63) is 36.2 Å². The summed E-state index contributed by atoms with van der Waals surface area (Å²) in [6.45, 7) is 1.76. The Bertz CT molecular complexity index is 527. The number of carbonyl (C=O) groups is 1. The monoisotopic (exact) mass is 242 g/mol. The summed E-state index contributed by atoms with van der Waals surface area (Å²) in [6, 6.07) is 7.48. The minimum Gasteiger partial charge on any atom is -0.339 e. The van der Waals surface area contributed by atoms with Crippen LogP contribution in [0.5, 0.6) is 0 Å². The molecule has 0 unspecified atom stereocenters. The quantitative estimate of drug-likeness (QED) is 0.872. The Balaban J connectivity index is 1.80. The van der Waals surface area contributed by atoms with E-state index < -0.39 is 0 Å². The van der Waals surface area contributed by atoms with E-state index in [2.05, 4.69) is 15.2 Å². The van der Waals surface area contributed by atoms with Gasteiger partial charge in [0.15, 0.2) is 5.82 Å². The molecule has 0 spiro atoms. The van der Waals surface area contributed by atoms with Gasteiger partial charge >= 0.3 is 0 Å². The van der Waals surface area contributed by atoms with Crippen LogP contribution in [0.1, 0.15) is 23.2 Å². The Morgan fingerprint density at radius 1 is 1.17 bits per heavy atom. The van der Waals surface area contributed by atoms with Gasteiger partial charge in [0, 0.05) is 24.2 Å². The normalized spacial score (nSPS) is 15.0. The first kappa shape index (κ1) is 11.0. The Morgan fingerprint density at radius 2 is 1.89 bits per heavy atom. The van der Waals surface area contributed by atoms with Gasteiger partial charge in [-0.3, -0.25) is 9.89 Å². The maximum Gasteiger partial charge on any atom is 0.253 e. The molecule has 1 fully saturated rings. The van der Waals surface area contributed by atoms with Crippen molar-refractivity contribution in [1.29, 1.82) is 0 Å². The zero-order valence-electron chi connectivity index (χ0n) is 9.97. The van der Waals surface area contributed by atoms with Crippen LogP contribution in [-0.4, -0.2) is 39.1 Å². The van der Waals surface area contributed by atoms with Gasteiger partial charge in [-0.05, 0) is 25.0 Å². The van der Waals surface area contributed by atoms with Crippen LogP contribution < -0.4 is 0 Å². The van der Waals surface area contributed by atoms with E-state index in [1.165, 1.54) is 6.33 Å². The topological polar surface area (TPSA) is 61.9 Å². The molecule has 1 aromatic carbocycles. The fourth-order valence-electron chi connectivity index (χ4n) is 2.22. The molecule has 18 heavy (non-hydrogen) atoms. The molecule has 5 nitrogen and oxygen atoms in total. The van der Waals surface area contributed by atoms with Gasteiger partial charge in [0.2, 0.25) is 0 Å². The zero-order valence-corrected chi connectivity index (χ0v) is 9.97. The van der Waals surface area contributed by atoms with Gasteiger partial charge in [-0.25, -0.2) is 4.98 Å². The second-order valence-corrected chi connectivity index (χ2v) is 4.41. The fraction of sp³-hybridized carbons (Fsp3) is 0.308. The lowest BCUT2D eigenvalue weighted by atomic mass is 10.1. The first-order valence-corrected chi connectivity index (χ1v) is 6.10. The average molecular weight is 242 g/mol. The van der Waals surface area contributed by atoms with Gasteiger partial charge in [-0.1, -0.05) is 12.1 Å². The van der Waals surface area contributed by atoms with Crippen LogP contribution in [0.15, 0.2) is 30.6 Å². The van der Waals surface area contributed by atoms with Gasteiger partial charge in [0.25, 0.3) is 5.91 Å². The Hall–Kier alpha value is -2.17. The van der Waals surface area contributed by atoms with Crippen LogP contribution >= 0.6 is 0 Å². The summed E-state index contributed by atoms with van der Waals surface area (Å²) in [5, 5.41) is 6.61. The third-order valence-corrected chi connectivity index (χ3v) is 3.21. The van der Waals surface area contributed by atoms with Crippen LogP contribution in [-0.2, 0) is 0 Å². The smallest absolute Gasteiger partial charge is 0.253 e. The molecule has 92 valence electrons. The van der Waals surface area contributed by atoms with E-state index in [0.29, 0.717) is 0 Å². The molecule has 0 aliphatic carbocycles. The summed E-state index contributed by atoms with van der Waals surface area (Å²) in [4.78, 5) is 18.1. The summed E-state index contributed by atoms with van der Waals surface area (Å²) in [5.74, 6) is 0.840. The molecule has 0 radical (unpaired) electrons. The molecule has 1 aliphatic rings. The third kappa shape index (κ3) is 1.99. The second kappa shape index (κ2) is 4.60. The van der Waals surface area contributed by atoms with Crippen molar-refractivity contribution in [3.8, 4) is 11.4 Å². The maximum atomic E-state index is 12.1. The molecule has 1 aromatic heterocycles. The number of hydrogen-bond donors (Lipinski definition) is 1. The lowest BCUT2D eigenvalue weighted by Crippen LogP contribution is -2.27. The van der Waals surface area contributed by atoms with E-state index >= 15 is 0 Å². The van der Waals surface area contributed by atoms with Crippen LogP contribution in [0.25, 0.3) is 11.4 Å². The summed E-state index contributed by atoms with van der Waals surface area (Å²) in [5.41, 5.74) is 1.67. The molecular formula is C13H14N4O. The first-order valence-electron chi connectivity index (χ1n) is 6.10. The van der Waals surface area contributed by atoms with E-state index in [-0.39, 0.29) is 5.91 Å². The molecule has 2 aromatic rings. The molecule has 2 heterocycles. The summed E-state index contributed by atoms with van der Waals surface area (Å²) < 4.78 is 0. The summed E-state index contributed by atoms with van der Waals surface area (Å²) >= 11 is 0. The summed E-state index contributed by atoms with van der Waals surface area (Å²) in [7, 11) is 0. The number of amides is 1. The summed E-state index contributed by atoms with van der Waals surface area (Å²) in [6.07, 6.45) is 3.70. The number of benzene rings is 1. The van der Waals surface area contributed by atoms with Crippen molar-refractivity contribution >= 4 is 5.91 Å². The van der Waals surface area contributed by atoms with Gasteiger partial charge in [0.1, 0.15) is 6.33 Å². The van der Waals surface area contributed by atoms with E-state index in [1.807, 2.05) is 29.2 Å². The van der Waals surface area contributed by atoms with E-state index in [0.717, 1.165) is 42.9 Å². The molecule has 1 amide bonds. The fourth-order valence-corrected chi connectivity index (χ4v) is 2.22. The van der Waals surface area contributed by atoms with Gasteiger partial charge < -0.3 is 4.90 Å². The molecule has 1 aliphatic heterocycles. The number of rotatable bonds is 2. The standard InChI is InChI=1S/C13H14N4O/c18-13(17-7-1-2-8-17)11-5-3-10(4-6-11)12-14-9-15-16-12/h3-6,9H,1-2,7-8H2,(H,14,15,16). The number of H-pyrrole nitrogens is 1. The largest absolute Gasteiger partial charge is 0.339 e. The number of nitrogens with one attached hydrogen (secondary N) is 1. The minimum absolute atomic E-state index is 0.122. The minimum atomic E-state index is 0.122. The van der Waals surface area contributed by atoms with Gasteiger partial charge in [0.05, 0.1) is 0 Å². The van der Waals surface area contributed by atoms with E-state index in [4.69, 9.17) is 0 Å². The lowest BCUT2D eigenvalue weighted by molar-refractivity contribution is 0.0793. The molecule has 0 saturated carbocycles.